The van der Waals surface area contributed by atoms with Gasteiger partial charge >= 0.3 is 0 Å². The summed E-state index contributed by atoms with van der Waals surface area (Å²) in [5, 5.41) is 12.4. The van der Waals surface area contributed by atoms with Gasteiger partial charge in [-0.15, -0.1) is 5.10 Å². The molecule has 0 aromatic carbocycles. The summed E-state index contributed by atoms with van der Waals surface area (Å²) in [5.41, 5.74) is 9.25. The standard InChI is InChI=1S/C12H20N6/c1-4-6-18-11(8-14-16-18)12(13)10-7-9(3)15-17(10)5-2/h7-8,12H,4-6,13H2,1-3H3. The summed E-state index contributed by atoms with van der Waals surface area (Å²) >= 11 is 0. The largest absolute Gasteiger partial charge is 0.318 e. The van der Waals surface area contributed by atoms with Crippen molar-refractivity contribution in [1.82, 2.24) is 24.8 Å². The molecule has 6 heteroatoms. The zero-order valence-electron chi connectivity index (χ0n) is 11.2. The maximum atomic E-state index is 6.32. The topological polar surface area (TPSA) is 74.6 Å². The van der Waals surface area contributed by atoms with Crippen molar-refractivity contribution in [2.24, 2.45) is 5.73 Å². The van der Waals surface area contributed by atoms with Crippen LogP contribution in [0.3, 0.4) is 0 Å². The molecule has 0 aliphatic carbocycles. The highest BCUT2D eigenvalue weighted by Crippen LogP contribution is 2.19. The zero-order chi connectivity index (χ0) is 13.1. The van der Waals surface area contributed by atoms with Gasteiger partial charge in [0.1, 0.15) is 0 Å². The molecule has 2 heterocycles. The number of nitrogens with zero attached hydrogens (tertiary/aromatic N) is 5. The van der Waals surface area contributed by atoms with Gasteiger partial charge in [0.2, 0.25) is 0 Å². The summed E-state index contributed by atoms with van der Waals surface area (Å²) in [6.45, 7) is 7.79. The fraction of sp³-hybridized carbons (Fsp3) is 0.583. The Balaban J connectivity index is 2.34. The number of nitrogens with two attached hydrogens (primary N) is 1. The van der Waals surface area contributed by atoms with Crippen molar-refractivity contribution in [3.63, 3.8) is 0 Å². The molecule has 0 aliphatic rings. The molecule has 0 saturated carbocycles. The van der Waals surface area contributed by atoms with Crippen molar-refractivity contribution in [3.8, 4) is 0 Å². The lowest BCUT2D eigenvalue weighted by Crippen LogP contribution is -2.21. The second-order valence-corrected chi connectivity index (χ2v) is 4.39. The van der Waals surface area contributed by atoms with Crippen LogP contribution < -0.4 is 5.73 Å². The maximum absolute atomic E-state index is 6.32. The van der Waals surface area contributed by atoms with Crippen LogP contribution in [0.15, 0.2) is 12.3 Å². The predicted molar refractivity (Wildman–Crippen MR) is 69.0 cm³/mol. The molecular formula is C12H20N6. The minimum atomic E-state index is -0.229. The van der Waals surface area contributed by atoms with E-state index in [2.05, 4.69) is 29.3 Å². The predicted octanol–water partition coefficient (Wildman–Crippen LogP) is 1.26. The van der Waals surface area contributed by atoms with Crippen LogP contribution >= 0.6 is 0 Å². The number of hydrogen-bond acceptors (Lipinski definition) is 4. The molecule has 18 heavy (non-hydrogen) atoms. The Morgan fingerprint density at radius 2 is 2.06 bits per heavy atom. The van der Waals surface area contributed by atoms with Crippen LogP contribution in [0.1, 0.15) is 43.4 Å². The highest BCUT2D eigenvalue weighted by atomic mass is 15.4. The first kappa shape index (κ1) is 12.8. The molecule has 0 fully saturated rings. The van der Waals surface area contributed by atoms with Crippen molar-refractivity contribution in [1.29, 1.82) is 0 Å². The number of aryl methyl sites for hydroxylation is 3. The van der Waals surface area contributed by atoms with Crippen LogP contribution in [-0.2, 0) is 13.1 Å². The third-order valence-electron chi connectivity index (χ3n) is 2.95. The Labute approximate surface area is 107 Å². The van der Waals surface area contributed by atoms with E-state index in [0.717, 1.165) is 36.6 Å². The van der Waals surface area contributed by atoms with E-state index >= 15 is 0 Å². The molecule has 0 saturated heterocycles. The monoisotopic (exact) mass is 248 g/mol. The van der Waals surface area contributed by atoms with Crippen molar-refractivity contribution >= 4 is 0 Å². The van der Waals surface area contributed by atoms with Gasteiger partial charge in [0.15, 0.2) is 0 Å². The molecule has 2 aromatic heterocycles. The second kappa shape index (κ2) is 5.30. The number of aromatic nitrogens is 5. The van der Waals surface area contributed by atoms with Gasteiger partial charge in [-0.3, -0.25) is 4.68 Å². The summed E-state index contributed by atoms with van der Waals surface area (Å²) in [6.07, 6.45) is 2.75. The van der Waals surface area contributed by atoms with Crippen LogP contribution in [0.5, 0.6) is 0 Å². The van der Waals surface area contributed by atoms with E-state index in [9.17, 15) is 0 Å². The van der Waals surface area contributed by atoms with Gasteiger partial charge in [-0.05, 0) is 26.3 Å². The van der Waals surface area contributed by atoms with Gasteiger partial charge in [0.05, 0.1) is 29.3 Å². The van der Waals surface area contributed by atoms with Crippen molar-refractivity contribution in [2.75, 3.05) is 0 Å². The van der Waals surface area contributed by atoms with Gasteiger partial charge < -0.3 is 5.73 Å². The third kappa shape index (κ3) is 2.28. The molecule has 0 radical (unpaired) electrons. The fourth-order valence-electron chi connectivity index (χ4n) is 2.11. The molecule has 1 unspecified atom stereocenters. The van der Waals surface area contributed by atoms with Gasteiger partial charge in [-0.2, -0.15) is 5.10 Å². The Morgan fingerprint density at radius 3 is 2.72 bits per heavy atom. The molecule has 0 aliphatic heterocycles. The maximum Gasteiger partial charge on any atom is 0.0910 e. The van der Waals surface area contributed by atoms with E-state index in [0.29, 0.717) is 0 Å². The van der Waals surface area contributed by atoms with E-state index in [1.54, 1.807) is 6.20 Å². The average Bonchev–Trinajstić information content (AvgIpc) is 2.95. The van der Waals surface area contributed by atoms with E-state index in [1.165, 1.54) is 0 Å². The van der Waals surface area contributed by atoms with Crippen LogP contribution in [0.4, 0.5) is 0 Å². The summed E-state index contributed by atoms with van der Waals surface area (Å²) in [7, 11) is 0. The molecule has 2 aromatic rings. The van der Waals surface area contributed by atoms with Crippen LogP contribution in [0, 0.1) is 6.92 Å². The Hall–Kier alpha value is -1.69. The van der Waals surface area contributed by atoms with Crippen LogP contribution in [-0.4, -0.2) is 24.8 Å². The summed E-state index contributed by atoms with van der Waals surface area (Å²) in [5.74, 6) is 0. The Bertz CT molecular complexity index is 512. The second-order valence-electron chi connectivity index (χ2n) is 4.39. The normalized spacial score (nSPS) is 12.9. The molecule has 0 amide bonds. The lowest BCUT2D eigenvalue weighted by Gasteiger charge is -2.14. The molecule has 98 valence electrons. The summed E-state index contributed by atoms with van der Waals surface area (Å²) < 4.78 is 3.80. The van der Waals surface area contributed by atoms with Crippen LogP contribution in [0.25, 0.3) is 0 Å². The molecule has 1 atom stereocenters. The third-order valence-corrected chi connectivity index (χ3v) is 2.95. The number of rotatable bonds is 5. The first-order valence-electron chi connectivity index (χ1n) is 6.35. The van der Waals surface area contributed by atoms with Crippen LogP contribution in [0.2, 0.25) is 0 Å². The van der Waals surface area contributed by atoms with Crippen molar-refractivity contribution in [2.45, 2.75) is 46.3 Å². The zero-order valence-corrected chi connectivity index (χ0v) is 11.2. The highest BCUT2D eigenvalue weighted by Gasteiger charge is 2.19. The molecular weight excluding hydrogens is 228 g/mol. The molecule has 2 rings (SSSR count). The first-order chi connectivity index (χ1) is 8.67. The molecule has 6 nitrogen and oxygen atoms in total. The minimum absolute atomic E-state index is 0.229. The number of hydrogen-bond donors (Lipinski definition) is 1. The quantitative estimate of drug-likeness (QED) is 0.864. The first-order valence-corrected chi connectivity index (χ1v) is 6.35. The molecule has 0 spiro atoms. The Kier molecular flexibility index (Phi) is 3.76. The molecule has 0 bridgehead atoms. The SMILES string of the molecule is CCCn1nncc1C(N)c1cc(C)nn1CC. The van der Waals surface area contributed by atoms with Gasteiger partial charge in [0, 0.05) is 13.1 Å². The minimum Gasteiger partial charge on any atom is -0.318 e. The molecule has 2 N–H and O–H groups in total. The van der Waals surface area contributed by atoms with Gasteiger partial charge in [-0.1, -0.05) is 12.1 Å². The van der Waals surface area contributed by atoms with Crippen molar-refractivity contribution in [3.05, 3.63) is 29.3 Å². The lowest BCUT2D eigenvalue weighted by atomic mass is 10.1. The Morgan fingerprint density at radius 1 is 1.28 bits per heavy atom. The van der Waals surface area contributed by atoms with E-state index in [1.807, 2.05) is 22.4 Å². The van der Waals surface area contributed by atoms with Crippen molar-refractivity contribution < 1.29 is 0 Å². The summed E-state index contributed by atoms with van der Waals surface area (Å²) in [6, 6.07) is 1.80. The summed E-state index contributed by atoms with van der Waals surface area (Å²) in [4.78, 5) is 0. The van der Waals surface area contributed by atoms with E-state index in [4.69, 9.17) is 5.73 Å². The highest BCUT2D eigenvalue weighted by molar-refractivity contribution is 5.21. The van der Waals surface area contributed by atoms with E-state index < -0.39 is 0 Å². The smallest absolute Gasteiger partial charge is 0.0910 e. The van der Waals surface area contributed by atoms with Gasteiger partial charge in [0.25, 0.3) is 0 Å². The van der Waals surface area contributed by atoms with E-state index in [-0.39, 0.29) is 6.04 Å². The average molecular weight is 248 g/mol. The van der Waals surface area contributed by atoms with Gasteiger partial charge in [-0.25, -0.2) is 4.68 Å². The lowest BCUT2D eigenvalue weighted by molar-refractivity contribution is 0.526. The fourth-order valence-corrected chi connectivity index (χ4v) is 2.11.